The van der Waals surface area contributed by atoms with Gasteiger partial charge >= 0.3 is 5.97 Å². The number of esters is 1. The van der Waals surface area contributed by atoms with Gasteiger partial charge in [-0.3, -0.25) is 14.4 Å². The van der Waals surface area contributed by atoms with E-state index in [4.69, 9.17) is 4.74 Å². The minimum atomic E-state index is -0.726. The number of aromatic nitrogens is 2. The quantitative estimate of drug-likeness (QED) is 0.311. The third kappa shape index (κ3) is 4.57. The Morgan fingerprint density at radius 2 is 1.56 bits per heavy atom. The number of rotatable bonds is 5. The van der Waals surface area contributed by atoms with Gasteiger partial charge in [0.25, 0.3) is 0 Å². The Hall–Kier alpha value is -2.37. The first-order valence-electron chi connectivity index (χ1n) is 17.7. The summed E-state index contributed by atoms with van der Waals surface area (Å²) in [5, 5.41) is 0. The van der Waals surface area contributed by atoms with Gasteiger partial charge in [0.05, 0.1) is 11.8 Å². The van der Waals surface area contributed by atoms with Crippen LogP contribution in [0.15, 0.2) is 17.2 Å². The molecule has 6 nitrogen and oxygen atoms in total. The van der Waals surface area contributed by atoms with Crippen molar-refractivity contribution in [2.75, 3.05) is 0 Å². The number of nitrogens with zero attached hydrogens (tertiary/aromatic N) is 2. The third-order valence-electron chi connectivity index (χ3n) is 14.6. The molecular formula is C39H56N2O4. The van der Waals surface area contributed by atoms with E-state index in [1.165, 1.54) is 5.57 Å². The van der Waals surface area contributed by atoms with E-state index in [0.29, 0.717) is 24.1 Å². The highest BCUT2D eigenvalue weighted by atomic mass is 16.5. The summed E-state index contributed by atoms with van der Waals surface area (Å²) in [4.78, 5) is 49.8. The lowest BCUT2D eigenvalue weighted by Gasteiger charge is -2.72. The van der Waals surface area contributed by atoms with Crippen molar-refractivity contribution >= 4 is 17.5 Å². The maximum absolute atomic E-state index is 14.6. The second-order valence-corrected chi connectivity index (χ2v) is 17.4. The van der Waals surface area contributed by atoms with Gasteiger partial charge in [0.1, 0.15) is 11.9 Å². The fraction of sp³-hybridized carbons (Fsp3) is 0.769. The number of Topliss-reactive ketones (excluding diaryl/α,β-unsaturated/α-hetero) is 2. The second kappa shape index (κ2) is 10.6. The summed E-state index contributed by atoms with van der Waals surface area (Å²) in [5.74, 6) is 2.10. The average Bonchev–Trinajstić information content (AvgIpc) is 3.23. The lowest BCUT2D eigenvalue weighted by Crippen LogP contribution is -2.66. The molecule has 0 radical (unpaired) electrons. The number of allylic oxidation sites excluding steroid dienone is 2. The summed E-state index contributed by atoms with van der Waals surface area (Å²) in [6, 6.07) is 1.94. The highest BCUT2D eigenvalue weighted by molar-refractivity contribution is 6.07. The molecule has 1 heterocycles. The van der Waals surface area contributed by atoms with Crippen molar-refractivity contribution in [3.63, 3.8) is 0 Å². The molecule has 246 valence electrons. The van der Waals surface area contributed by atoms with E-state index >= 15 is 0 Å². The molecule has 0 spiro atoms. The summed E-state index contributed by atoms with van der Waals surface area (Å²) in [6.07, 6.45) is 8.58. The van der Waals surface area contributed by atoms with Gasteiger partial charge in [0.2, 0.25) is 0 Å². The number of carbonyl (C=O) groups excluding carboxylic acids is 3. The minimum Gasteiger partial charge on any atom is -0.462 e. The molecule has 0 unspecified atom stereocenters. The van der Waals surface area contributed by atoms with Crippen LogP contribution >= 0.6 is 0 Å². The van der Waals surface area contributed by atoms with Crippen LogP contribution in [0.5, 0.6) is 0 Å². The van der Waals surface area contributed by atoms with Gasteiger partial charge in [-0.05, 0) is 122 Å². The monoisotopic (exact) mass is 616 g/mol. The predicted molar refractivity (Wildman–Crippen MR) is 175 cm³/mol. The van der Waals surface area contributed by atoms with E-state index in [-0.39, 0.29) is 63.6 Å². The smallest absolute Gasteiger partial charge is 0.302 e. The Morgan fingerprint density at radius 3 is 2.18 bits per heavy atom. The molecule has 0 saturated heterocycles. The Kier molecular flexibility index (Phi) is 7.65. The van der Waals surface area contributed by atoms with Crippen molar-refractivity contribution in [2.24, 2.45) is 50.7 Å². The van der Waals surface area contributed by atoms with Crippen LogP contribution in [0.3, 0.4) is 0 Å². The molecule has 1 aromatic heterocycles. The maximum Gasteiger partial charge on any atom is 0.302 e. The van der Waals surface area contributed by atoms with E-state index in [0.717, 1.165) is 68.3 Å². The molecule has 0 bridgehead atoms. The Morgan fingerprint density at radius 1 is 0.889 bits per heavy atom. The molecule has 1 aromatic rings. The van der Waals surface area contributed by atoms with Gasteiger partial charge in [0, 0.05) is 30.1 Å². The first-order valence-corrected chi connectivity index (χ1v) is 17.7. The number of carbonyl (C=O) groups is 3. The molecule has 6 rings (SSSR count). The van der Waals surface area contributed by atoms with E-state index in [1.54, 1.807) is 6.92 Å². The van der Waals surface area contributed by atoms with Gasteiger partial charge in [-0.2, -0.15) is 0 Å². The largest absolute Gasteiger partial charge is 0.462 e. The Balaban J connectivity index is 1.39. The zero-order chi connectivity index (χ0) is 32.9. The molecule has 0 aliphatic heterocycles. The number of ketones is 2. The minimum absolute atomic E-state index is 0.00106. The maximum atomic E-state index is 14.6. The molecule has 8 atom stereocenters. The van der Waals surface area contributed by atoms with Gasteiger partial charge in [0.15, 0.2) is 11.6 Å². The molecular weight excluding hydrogens is 560 g/mol. The fourth-order valence-electron chi connectivity index (χ4n) is 12.5. The van der Waals surface area contributed by atoms with Crippen LogP contribution in [0, 0.1) is 64.6 Å². The zero-order valence-corrected chi connectivity index (χ0v) is 29.6. The summed E-state index contributed by atoms with van der Waals surface area (Å²) in [5.41, 5.74) is 3.36. The normalized spacial score (nSPS) is 40.4. The highest BCUT2D eigenvalue weighted by Gasteiger charge is 2.70. The van der Waals surface area contributed by atoms with Gasteiger partial charge < -0.3 is 4.74 Å². The molecule has 5 aliphatic rings. The molecule has 0 aromatic carbocycles. The van der Waals surface area contributed by atoms with Crippen molar-refractivity contribution in [3.8, 4) is 0 Å². The van der Waals surface area contributed by atoms with E-state index in [9.17, 15) is 14.4 Å². The first kappa shape index (κ1) is 32.6. The Bertz CT molecular complexity index is 1450. The lowest BCUT2D eigenvalue weighted by molar-refractivity contribution is -0.232. The van der Waals surface area contributed by atoms with E-state index in [1.807, 2.05) is 19.9 Å². The predicted octanol–water partition coefficient (Wildman–Crippen LogP) is 8.12. The molecule has 0 N–H and O–H groups in total. The molecule has 5 aliphatic carbocycles. The van der Waals surface area contributed by atoms with Crippen LogP contribution in [-0.2, 0) is 25.5 Å². The molecule has 45 heavy (non-hydrogen) atoms. The lowest BCUT2D eigenvalue weighted by atomic mass is 9.33. The number of aryl methyl sites for hydroxylation is 2. The van der Waals surface area contributed by atoms with E-state index in [2.05, 4.69) is 58.4 Å². The van der Waals surface area contributed by atoms with E-state index < -0.39 is 5.41 Å². The third-order valence-corrected chi connectivity index (χ3v) is 14.6. The van der Waals surface area contributed by atoms with Gasteiger partial charge in [-0.15, -0.1) is 0 Å². The number of fused-ring (bicyclic) bond motifs is 7. The number of hydrogen-bond donors (Lipinski definition) is 0. The standard InChI is InChI=1S/C39H56N2O4/c1-22(2)33-27(43)21-39(30(44)20-32-40-23(3)19-24(4)41-32)18-17-37(9)26(34(33)39)11-12-29-36(8)15-14-31(45-25(5)42)35(6,7)28(36)13-16-38(29,37)10/h19,22,26,28-29,31H,11-18,20-21H2,1-10H3/t26-,28+,29-,31+,36+,37-,38-,39+/m1/s1. The molecule has 4 saturated carbocycles. The van der Waals surface area contributed by atoms with Crippen LogP contribution in [0.25, 0.3) is 0 Å². The summed E-state index contributed by atoms with van der Waals surface area (Å²) >= 11 is 0. The first-order chi connectivity index (χ1) is 20.9. The van der Waals surface area contributed by atoms with Crippen molar-refractivity contribution in [1.82, 2.24) is 9.97 Å². The second-order valence-electron chi connectivity index (χ2n) is 17.4. The van der Waals surface area contributed by atoms with Crippen LogP contribution in [-0.4, -0.2) is 33.6 Å². The SMILES string of the molecule is CC(=O)O[C@H]1CC[C@]2(C)[C@H]3CC[C@@H]4C5=C(C(C)C)C(=O)C[C@]5(C(=O)Cc5nc(C)cc(C)n5)CC[C@@]4(C)[C@]3(C)CC[C@H]2C1(C)C. The summed E-state index contributed by atoms with van der Waals surface area (Å²) in [6.45, 7) is 22.0. The Labute approximate surface area is 271 Å². The zero-order valence-electron chi connectivity index (χ0n) is 29.6. The molecule has 4 fully saturated rings. The summed E-state index contributed by atoms with van der Waals surface area (Å²) in [7, 11) is 0. The summed E-state index contributed by atoms with van der Waals surface area (Å²) < 4.78 is 5.93. The van der Waals surface area contributed by atoms with Gasteiger partial charge in [-0.25, -0.2) is 9.97 Å². The topological polar surface area (TPSA) is 86.2 Å². The highest BCUT2D eigenvalue weighted by Crippen LogP contribution is 2.76. The van der Waals surface area contributed by atoms with Crippen molar-refractivity contribution in [2.45, 2.75) is 140 Å². The van der Waals surface area contributed by atoms with Crippen LogP contribution in [0.2, 0.25) is 0 Å². The van der Waals surface area contributed by atoms with Crippen LogP contribution in [0.1, 0.15) is 130 Å². The number of ether oxygens (including phenoxy) is 1. The fourth-order valence-corrected chi connectivity index (χ4v) is 12.5. The van der Waals surface area contributed by atoms with Crippen LogP contribution in [0.4, 0.5) is 0 Å². The molecule has 6 heteroatoms. The average molecular weight is 617 g/mol. The van der Waals surface area contributed by atoms with Crippen molar-refractivity contribution in [1.29, 1.82) is 0 Å². The molecule has 0 amide bonds. The van der Waals surface area contributed by atoms with Crippen molar-refractivity contribution < 1.29 is 19.1 Å². The van der Waals surface area contributed by atoms with Gasteiger partial charge in [-0.1, -0.05) is 48.5 Å². The number of hydrogen-bond acceptors (Lipinski definition) is 6. The van der Waals surface area contributed by atoms with Crippen LogP contribution < -0.4 is 0 Å². The van der Waals surface area contributed by atoms with Crippen molar-refractivity contribution in [3.05, 3.63) is 34.4 Å².